The highest BCUT2D eigenvalue weighted by atomic mass is 35.5. The first-order chi connectivity index (χ1) is 25.0. The zero-order valence-electron chi connectivity index (χ0n) is 27.2. The number of rotatable bonds is 10. The minimum absolute atomic E-state index is 0.0171. The molecule has 18 heteroatoms. The molecular weight excluding hydrogens is 734 g/mol. The normalized spacial score (nSPS) is 22.5. The number of aromatic nitrogens is 6. The third-order valence-corrected chi connectivity index (χ3v) is 10.1. The lowest BCUT2D eigenvalue weighted by molar-refractivity contribution is -0.131. The lowest BCUT2D eigenvalue weighted by Gasteiger charge is -2.18. The monoisotopic (exact) mass is 762 g/mol. The van der Waals surface area contributed by atoms with Crippen LogP contribution in [0.4, 0.5) is 11.4 Å². The fraction of sp³-hybridized carbons (Fsp3) is 0.353. The van der Waals surface area contributed by atoms with Gasteiger partial charge in [-0.15, -0.1) is 10.2 Å². The van der Waals surface area contributed by atoms with E-state index in [1.807, 2.05) is 0 Å². The van der Waals surface area contributed by atoms with Crippen LogP contribution in [0.5, 0.6) is 0 Å². The molecule has 15 nitrogen and oxygen atoms in total. The minimum atomic E-state index is -3.04. The average molecular weight is 764 g/mol. The Morgan fingerprint density at radius 3 is 1.58 bits per heavy atom. The summed E-state index contributed by atoms with van der Waals surface area (Å²) in [6.45, 7) is -0.567. The summed E-state index contributed by atoms with van der Waals surface area (Å²) in [7, 11) is -3.04. The van der Waals surface area contributed by atoms with Crippen molar-refractivity contribution in [2.75, 3.05) is 9.80 Å². The van der Waals surface area contributed by atoms with Crippen LogP contribution in [-0.2, 0) is 61.0 Å². The van der Waals surface area contributed by atoms with E-state index in [2.05, 4.69) is 44.3 Å². The van der Waals surface area contributed by atoms with Crippen molar-refractivity contribution >= 4 is 54.6 Å². The molecule has 52 heavy (non-hydrogen) atoms. The molecule has 0 bridgehead atoms. The molecule has 0 saturated heterocycles. The molecule has 2 unspecified atom stereocenters. The van der Waals surface area contributed by atoms with Gasteiger partial charge in [0.05, 0.1) is 36.9 Å². The minimum Gasteiger partial charge on any atom is -0.366 e. The molecular formula is C34H29Cl2N8O7P. The highest BCUT2D eigenvalue weighted by molar-refractivity contribution is 7.33. The highest BCUT2D eigenvalue weighted by Gasteiger charge is 2.51. The Labute approximate surface area is 307 Å². The lowest BCUT2D eigenvalue weighted by atomic mass is 9.96. The standard InChI is InChI=1S/C34H29Cl2N8O7P/c35-23-5-7-29-27(13-23)33(47,11-9-21-1-2-21)31(45)43(29)17-25-15-41(39-37-25)19-50-52(49)51-20-42-16-26(38-40-42)18-44-30-8-6-24(36)14-28(30)34(48,32(44)46)12-10-22-3-4-22/h5-8,13-16,21-22,47-48,52H,1-4,17-20H2. The molecule has 8 rings (SSSR count). The topological polar surface area (TPSA) is 178 Å². The van der Waals surface area contributed by atoms with E-state index in [1.165, 1.54) is 43.7 Å². The summed E-state index contributed by atoms with van der Waals surface area (Å²) in [5.41, 5.74) is -1.74. The number of halogens is 2. The maximum absolute atomic E-state index is 13.4. The molecule has 4 aliphatic rings. The average Bonchev–Trinajstić information content (AvgIpc) is 4.03. The van der Waals surface area contributed by atoms with Gasteiger partial charge in [0.25, 0.3) is 11.8 Å². The van der Waals surface area contributed by atoms with Crippen LogP contribution in [0.25, 0.3) is 0 Å². The molecule has 0 radical (unpaired) electrons. The molecule has 2 atom stereocenters. The van der Waals surface area contributed by atoms with Gasteiger partial charge in [0.2, 0.25) is 11.2 Å². The number of fused-ring (bicyclic) bond motifs is 2. The van der Waals surface area contributed by atoms with Gasteiger partial charge in [-0.1, -0.05) is 57.3 Å². The quantitative estimate of drug-likeness (QED) is 0.179. The van der Waals surface area contributed by atoms with E-state index in [1.54, 1.807) is 24.3 Å². The smallest absolute Gasteiger partial charge is 0.322 e. The summed E-state index contributed by atoms with van der Waals surface area (Å²) in [4.78, 5) is 29.6. The van der Waals surface area contributed by atoms with Crippen molar-refractivity contribution in [3.8, 4) is 23.7 Å². The third kappa shape index (κ3) is 6.73. The number of amides is 2. The third-order valence-electron chi connectivity index (χ3n) is 8.90. The van der Waals surface area contributed by atoms with Gasteiger partial charge in [0, 0.05) is 33.0 Å². The van der Waals surface area contributed by atoms with E-state index in [0.29, 0.717) is 43.9 Å². The summed E-state index contributed by atoms with van der Waals surface area (Å²) in [5, 5.41) is 39.6. The number of carbonyl (C=O) groups excluding carboxylic acids is 2. The van der Waals surface area contributed by atoms with E-state index < -0.39 is 31.3 Å². The second-order valence-corrected chi connectivity index (χ2v) is 14.9. The predicted molar refractivity (Wildman–Crippen MR) is 185 cm³/mol. The maximum atomic E-state index is 13.4. The number of hydrogen-bond donors (Lipinski definition) is 2. The number of benzene rings is 2. The summed E-state index contributed by atoms with van der Waals surface area (Å²) in [6, 6.07) is 9.62. The van der Waals surface area contributed by atoms with Gasteiger partial charge >= 0.3 is 8.25 Å². The first-order valence-electron chi connectivity index (χ1n) is 16.3. The number of nitrogens with zero attached hydrogens (tertiary/aromatic N) is 8. The van der Waals surface area contributed by atoms with Gasteiger partial charge in [-0.2, -0.15) is 0 Å². The fourth-order valence-corrected chi connectivity index (χ4v) is 6.78. The Balaban J connectivity index is 0.855. The highest BCUT2D eigenvalue weighted by Crippen LogP contribution is 2.44. The van der Waals surface area contributed by atoms with Crippen LogP contribution >= 0.6 is 31.5 Å². The maximum Gasteiger partial charge on any atom is 0.322 e. The van der Waals surface area contributed by atoms with Crippen molar-refractivity contribution in [1.82, 2.24) is 30.0 Å². The predicted octanol–water partition coefficient (Wildman–Crippen LogP) is 3.51. The summed E-state index contributed by atoms with van der Waals surface area (Å²) >= 11 is 12.4. The molecule has 0 spiro atoms. The van der Waals surface area contributed by atoms with E-state index >= 15 is 0 Å². The summed E-state index contributed by atoms with van der Waals surface area (Å²) in [5.74, 6) is 10.6. The summed E-state index contributed by atoms with van der Waals surface area (Å²) < 4.78 is 25.8. The van der Waals surface area contributed by atoms with Crippen LogP contribution in [0.2, 0.25) is 10.0 Å². The Kier molecular flexibility index (Phi) is 8.92. The fourth-order valence-electron chi connectivity index (χ4n) is 5.88. The first kappa shape index (κ1) is 34.5. The second kappa shape index (κ2) is 13.4. The van der Waals surface area contributed by atoms with Gasteiger partial charge in [-0.05, 0) is 62.1 Å². The number of aliphatic hydroxyl groups is 2. The second-order valence-electron chi connectivity index (χ2n) is 12.9. The number of hydrogen-bond acceptors (Lipinski definition) is 11. The van der Waals surface area contributed by atoms with E-state index in [0.717, 1.165) is 25.7 Å². The van der Waals surface area contributed by atoms with Gasteiger partial charge in [-0.25, -0.2) is 9.36 Å². The van der Waals surface area contributed by atoms with Crippen molar-refractivity contribution in [3.63, 3.8) is 0 Å². The van der Waals surface area contributed by atoms with Crippen LogP contribution in [0.15, 0.2) is 48.8 Å². The van der Waals surface area contributed by atoms with Gasteiger partial charge < -0.3 is 20.0 Å². The molecule has 4 heterocycles. The lowest BCUT2D eigenvalue weighted by Crippen LogP contribution is -2.39. The van der Waals surface area contributed by atoms with E-state index in [4.69, 9.17) is 32.2 Å². The Hall–Kier alpha value is -4.57. The molecule has 2 N–H and O–H groups in total. The molecule has 2 aromatic carbocycles. The van der Waals surface area contributed by atoms with Gasteiger partial charge in [0.15, 0.2) is 0 Å². The molecule has 4 aromatic rings. The number of anilines is 2. The molecule has 266 valence electrons. The van der Waals surface area contributed by atoms with Crippen molar-refractivity contribution in [2.45, 2.75) is 63.4 Å². The van der Waals surface area contributed by atoms with Crippen molar-refractivity contribution in [2.24, 2.45) is 11.8 Å². The van der Waals surface area contributed by atoms with Crippen LogP contribution in [0.3, 0.4) is 0 Å². The molecule has 2 aliphatic heterocycles. The zero-order chi connectivity index (χ0) is 36.2. The van der Waals surface area contributed by atoms with Crippen LogP contribution in [0, 0.1) is 35.5 Å². The van der Waals surface area contributed by atoms with Crippen LogP contribution in [-0.4, -0.2) is 52.0 Å². The first-order valence-corrected chi connectivity index (χ1v) is 18.3. The van der Waals surface area contributed by atoms with Gasteiger partial charge in [-0.3, -0.25) is 23.2 Å². The SMILES string of the molecule is O=C1N(Cc2cn(CO[PH](=O)OCn3cc(CN4C(=O)C(O)(C#CC5CC5)c5cc(Cl)ccc54)nn3)nn2)c2ccc(Cl)cc2C1(O)C#CC1CC1. The van der Waals surface area contributed by atoms with E-state index in [-0.39, 0.29) is 38.4 Å². The van der Waals surface area contributed by atoms with Crippen molar-refractivity contribution < 1.29 is 33.4 Å². The van der Waals surface area contributed by atoms with E-state index in [9.17, 15) is 24.4 Å². The molecule has 2 saturated carbocycles. The van der Waals surface area contributed by atoms with Crippen LogP contribution < -0.4 is 9.80 Å². The molecule has 2 fully saturated rings. The largest absolute Gasteiger partial charge is 0.366 e. The molecule has 2 aromatic heterocycles. The van der Waals surface area contributed by atoms with Crippen molar-refractivity contribution in [1.29, 1.82) is 0 Å². The summed E-state index contributed by atoms with van der Waals surface area (Å²) in [6.07, 6.45) is 6.77. The Morgan fingerprint density at radius 2 is 1.17 bits per heavy atom. The number of carbonyl (C=O) groups is 2. The van der Waals surface area contributed by atoms with Crippen LogP contribution in [0.1, 0.15) is 48.2 Å². The molecule has 2 amide bonds. The van der Waals surface area contributed by atoms with Gasteiger partial charge in [0.1, 0.15) is 24.8 Å². The Bertz CT molecular complexity index is 2110. The zero-order valence-corrected chi connectivity index (χ0v) is 29.7. The Morgan fingerprint density at radius 1 is 0.750 bits per heavy atom. The molecule has 2 aliphatic carbocycles. The van der Waals surface area contributed by atoms with Crippen molar-refractivity contribution in [3.05, 3.63) is 81.4 Å².